The molecule has 0 bridgehead atoms. The van der Waals surface area contributed by atoms with Crippen LogP contribution in [0.5, 0.6) is 5.75 Å². The molecule has 0 aliphatic heterocycles. The van der Waals surface area contributed by atoms with Crippen molar-refractivity contribution in [2.45, 2.75) is 12.8 Å². The van der Waals surface area contributed by atoms with Crippen LogP contribution in [-0.2, 0) is 9.53 Å². The molecule has 24 heavy (non-hydrogen) atoms. The van der Waals surface area contributed by atoms with Gasteiger partial charge >= 0.3 is 5.97 Å². The van der Waals surface area contributed by atoms with E-state index in [1.807, 2.05) is 30.3 Å². The summed E-state index contributed by atoms with van der Waals surface area (Å²) in [6.45, 7) is 2.54. The highest BCUT2D eigenvalue weighted by Crippen LogP contribution is 2.14. The van der Waals surface area contributed by atoms with Crippen LogP contribution in [0.1, 0.15) is 28.8 Å². The smallest absolute Gasteiger partial charge is 0.337 e. The van der Waals surface area contributed by atoms with Gasteiger partial charge in [-0.2, -0.15) is 0 Å². The Morgan fingerprint density at radius 2 is 1.71 bits per heavy atom. The average Bonchev–Trinajstić information content (AvgIpc) is 2.64. The van der Waals surface area contributed by atoms with Crippen molar-refractivity contribution in [2.75, 3.05) is 20.3 Å². The van der Waals surface area contributed by atoms with Gasteiger partial charge in [0, 0.05) is 6.54 Å². The van der Waals surface area contributed by atoms with Crippen LogP contribution < -0.4 is 10.1 Å². The molecule has 0 aromatic heterocycles. The van der Waals surface area contributed by atoms with E-state index in [0.717, 1.165) is 0 Å². The van der Waals surface area contributed by atoms with Gasteiger partial charge in [0.2, 0.25) is 0 Å². The van der Waals surface area contributed by atoms with E-state index in [2.05, 4.69) is 17.0 Å². The first-order valence-electron chi connectivity index (χ1n) is 7.73. The summed E-state index contributed by atoms with van der Waals surface area (Å²) in [5, 5.41) is 2.85. The summed E-state index contributed by atoms with van der Waals surface area (Å²) in [5.41, 5.74) is 1.61. The largest absolute Gasteiger partial charge is 0.484 e. The number of carbonyl (C=O) groups excluding carboxylic acids is 2. The lowest BCUT2D eigenvalue weighted by Crippen LogP contribution is -2.31. The first kappa shape index (κ1) is 17.5. The number of esters is 1. The van der Waals surface area contributed by atoms with E-state index in [1.165, 1.54) is 12.7 Å². The summed E-state index contributed by atoms with van der Waals surface area (Å²) in [4.78, 5) is 23.2. The highest BCUT2D eigenvalue weighted by atomic mass is 16.5. The average molecular weight is 327 g/mol. The van der Waals surface area contributed by atoms with Crippen LogP contribution in [-0.4, -0.2) is 32.1 Å². The molecule has 0 fully saturated rings. The molecular weight excluding hydrogens is 306 g/mol. The monoisotopic (exact) mass is 327 g/mol. The summed E-state index contributed by atoms with van der Waals surface area (Å²) in [6, 6.07) is 16.5. The minimum Gasteiger partial charge on any atom is -0.484 e. The fourth-order valence-corrected chi connectivity index (χ4v) is 2.17. The molecule has 1 amide bonds. The molecule has 126 valence electrons. The summed E-state index contributed by atoms with van der Waals surface area (Å²) < 4.78 is 10.0. The van der Waals surface area contributed by atoms with Crippen LogP contribution >= 0.6 is 0 Å². The molecule has 2 rings (SSSR count). The van der Waals surface area contributed by atoms with E-state index in [1.54, 1.807) is 24.3 Å². The molecule has 0 aliphatic rings. The van der Waals surface area contributed by atoms with Crippen LogP contribution in [0.2, 0.25) is 0 Å². The molecule has 5 heteroatoms. The molecule has 0 saturated carbocycles. The molecule has 2 aromatic carbocycles. The lowest BCUT2D eigenvalue weighted by Gasteiger charge is -2.13. The minimum atomic E-state index is -0.408. The van der Waals surface area contributed by atoms with Gasteiger partial charge in [-0.15, -0.1) is 0 Å². The Morgan fingerprint density at radius 1 is 1.04 bits per heavy atom. The van der Waals surface area contributed by atoms with E-state index in [0.29, 0.717) is 17.9 Å². The number of ether oxygens (including phenoxy) is 2. The SMILES string of the molecule is COC(=O)c1ccc(OCC(=O)NC[C@H](C)c2ccccc2)cc1. The van der Waals surface area contributed by atoms with E-state index in [9.17, 15) is 9.59 Å². The van der Waals surface area contributed by atoms with Crippen molar-refractivity contribution in [1.29, 1.82) is 0 Å². The number of carbonyl (C=O) groups is 2. The number of nitrogens with one attached hydrogen (secondary N) is 1. The van der Waals surface area contributed by atoms with Gasteiger partial charge in [0.1, 0.15) is 5.75 Å². The number of hydrogen-bond acceptors (Lipinski definition) is 4. The zero-order valence-electron chi connectivity index (χ0n) is 13.8. The summed E-state index contributed by atoms with van der Waals surface area (Å²) in [7, 11) is 1.33. The lowest BCUT2D eigenvalue weighted by atomic mass is 10.0. The van der Waals surface area contributed by atoms with Gasteiger partial charge in [0.25, 0.3) is 5.91 Å². The molecule has 0 aliphatic carbocycles. The van der Waals surface area contributed by atoms with E-state index < -0.39 is 5.97 Å². The normalized spacial score (nSPS) is 11.4. The number of methoxy groups -OCH3 is 1. The van der Waals surface area contributed by atoms with Crippen molar-refractivity contribution in [2.24, 2.45) is 0 Å². The first-order valence-corrected chi connectivity index (χ1v) is 7.73. The second-order valence-corrected chi connectivity index (χ2v) is 5.42. The highest BCUT2D eigenvalue weighted by Gasteiger charge is 2.09. The Hall–Kier alpha value is -2.82. The van der Waals surface area contributed by atoms with Gasteiger partial charge < -0.3 is 14.8 Å². The molecule has 1 N–H and O–H groups in total. The van der Waals surface area contributed by atoms with Crippen LogP contribution in [0.3, 0.4) is 0 Å². The van der Waals surface area contributed by atoms with Gasteiger partial charge in [-0.3, -0.25) is 4.79 Å². The maximum Gasteiger partial charge on any atom is 0.337 e. The van der Waals surface area contributed by atoms with E-state index in [4.69, 9.17) is 4.74 Å². The van der Waals surface area contributed by atoms with Crippen LogP contribution in [0.25, 0.3) is 0 Å². The number of hydrogen-bond donors (Lipinski definition) is 1. The van der Waals surface area contributed by atoms with Crippen LogP contribution in [0.15, 0.2) is 54.6 Å². The Kier molecular flexibility index (Phi) is 6.37. The number of benzene rings is 2. The van der Waals surface area contributed by atoms with Crippen LogP contribution in [0, 0.1) is 0 Å². The van der Waals surface area contributed by atoms with Crippen molar-refractivity contribution in [3.63, 3.8) is 0 Å². The fraction of sp³-hybridized carbons (Fsp3) is 0.263. The predicted molar refractivity (Wildman–Crippen MR) is 91.1 cm³/mol. The van der Waals surface area contributed by atoms with Crippen molar-refractivity contribution in [3.05, 3.63) is 65.7 Å². The third-order valence-corrected chi connectivity index (χ3v) is 3.62. The lowest BCUT2D eigenvalue weighted by molar-refractivity contribution is -0.123. The fourth-order valence-electron chi connectivity index (χ4n) is 2.17. The van der Waals surface area contributed by atoms with Crippen molar-refractivity contribution >= 4 is 11.9 Å². The molecular formula is C19H21NO4. The molecule has 0 spiro atoms. The highest BCUT2D eigenvalue weighted by molar-refractivity contribution is 5.89. The number of rotatable bonds is 7. The Bertz CT molecular complexity index is 668. The van der Waals surface area contributed by atoms with Crippen molar-refractivity contribution in [3.8, 4) is 5.75 Å². The second kappa shape index (κ2) is 8.72. The minimum absolute atomic E-state index is 0.0704. The Labute approximate surface area is 141 Å². The maximum atomic E-state index is 11.9. The van der Waals surface area contributed by atoms with Crippen molar-refractivity contribution in [1.82, 2.24) is 5.32 Å². The van der Waals surface area contributed by atoms with Gasteiger partial charge in [-0.1, -0.05) is 37.3 Å². The summed E-state index contributed by atoms with van der Waals surface area (Å²) in [5.74, 6) is 0.160. The molecule has 0 unspecified atom stereocenters. The van der Waals surface area contributed by atoms with Gasteiger partial charge in [0.15, 0.2) is 6.61 Å². The summed E-state index contributed by atoms with van der Waals surface area (Å²) in [6.07, 6.45) is 0. The molecule has 0 saturated heterocycles. The van der Waals surface area contributed by atoms with E-state index >= 15 is 0 Å². The molecule has 0 heterocycles. The third kappa shape index (κ3) is 5.12. The Morgan fingerprint density at radius 3 is 2.33 bits per heavy atom. The van der Waals surface area contributed by atoms with E-state index in [-0.39, 0.29) is 18.4 Å². The van der Waals surface area contributed by atoms with Crippen LogP contribution in [0.4, 0.5) is 0 Å². The molecule has 0 radical (unpaired) electrons. The van der Waals surface area contributed by atoms with Gasteiger partial charge in [-0.05, 0) is 35.7 Å². The molecule has 1 atom stereocenters. The third-order valence-electron chi connectivity index (χ3n) is 3.62. The first-order chi connectivity index (χ1) is 11.6. The Balaban J connectivity index is 1.76. The molecule has 5 nitrogen and oxygen atoms in total. The molecule has 2 aromatic rings. The maximum absolute atomic E-state index is 11.9. The zero-order valence-corrected chi connectivity index (χ0v) is 13.8. The zero-order chi connectivity index (χ0) is 17.4. The summed E-state index contributed by atoms with van der Waals surface area (Å²) >= 11 is 0. The van der Waals surface area contributed by atoms with Gasteiger partial charge in [-0.25, -0.2) is 4.79 Å². The van der Waals surface area contributed by atoms with Gasteiger partial charge in [0.05, 0.1) is 12.7 Å². The quantitative estimate of drug-likeness (QED) is 0.794. The van der Waals surface area contributed by atoms with Crippen molar-refractivity contribution < 1.29 is 19.1 Å². The predicted octanol–water partition coefficient (Wildman–Crippen LogP) is 2.77. The standard InChI is InChI=1S/C19H21NO4/c1-14(15-6-4-3-5-7-15)12-20-18(21)13-24-17-10-8-16(9-11-17)19(22)23-2/h3-11,14H,12-13H2,1-2H3,(H,20,21)/t14-/m0/s1. The number of amides is 1. The second-order valence-electron chi connectivity index (χ2n) is 5.42. The topological polar surface area (TPSA) is 64.6 Å².